The lowest BCUT2D eigenvalue weighted by atomic mass is 10.1. The topological polar surface area (TPSA) is 79.5 Å². The molecule has 6 nitrogen and oxygen atoms in total. The molecule has 0 bridgehead atoms. The fraction of sp³-hybridized carbons (Fsp3) is 0.833. The standard InChI is InChI=1S/C12H23N3O3/c1-3-13-12(17)15-11(16)9(2)18-8-10-6-4-5-7-14-10/h9-10,14H,3-8H2,1-2H3,(H2,13,15,16,17). The van der Waals surface area contributed by atoms with Crippen molar-refractivity contribution in [2.24, 2.45) is 0 Å². The molecule has 104 valence electrons. The first-order valence-electron chi connectivity index (χ1n) is 6.57. The van der Waals surface area contributed by atoms with Crippen LogP contribution in [-0.2, 0) is 9.53 Å². The number of carbonyl (C=O) groups excluding carboxylic acids is 2. The summed E-state index contributed by atoms with van der Waals surface area (Å²) >= 11 is 0. The van der Waals surface area contributed by atoms with Crippen LogP contribution in [0.1, 0.15) is 33.1 Å². The largest absolute Gasteiger partial charge is 0.367 e. The Bertz CT molecular complexity index is 278. The minimum Gasteiger partial charge on any atom is -0.367 e. The van der Waals surface area contributed by atoms with Crippen LogP contribution in [0.2, 0.25) is 0 Å². The van der Waals surface area contributed by atoms with Crippen LogP contribution in [0.5, 0.6) is 0 Å². The summed E-state index contributed by atoms with van der Waals surface area (Å²) in [6.07, 6.45) is 2.85. The lowest BCUT2D eigenvalue weighted by Crippen LogP contribution is -2.45. The van der Waals surface area contributed by atoms with Gasteiger partial charge in [-0.15, -0.1) is 0 Å². The summed E-state index contributed by atoms with van der Waals surface area (Å²) in [5, 5.41) is 8.07. The molecular formula is C12H23N3O3. The maximum absolute atomic E-state index is 11.6. The average molecular weight is 257 g/mol. The van der Waals surface area contributed by atoms with Crippen molar-refractivity contribution >= 4 is 11.9 Å². The van der Waals surface area contributed by atoms with Gasteiger partial charge in [0.2, 0.25) is 0 Å². The van der Waals surface area contributed by atoms with Gasteiger partial charge >= 0.3 is 6.03 Å². The maximum Gasteiger partial charge on any atom is 0.321 e. The quantitative estimate of drug-likeness (QED) is 0.665. The van der Waals surface area contributed by atoms with E-state index in [1.807, 2.05) is 0 Å². The van der Waals surface area contributed by atoms with E-state index in [1.54, 1.807) is 13.8 Å². The summed E-state index contributed by atoms with van der Waals surface area (Å²) in [7, 11) is 0. The van der Waals surface area contributed by atoms with Gasteiger partial charge in [0.15, 0.2) is 0 Å². The normalized spacial score (nSPS) is 21.1. The molecule has 0 radical (unpaired) electrons. The Morgan fingerprint density at radius 1 is 1.44 bits per heavy atom. The number of hydrogen-bond acceptors (Lipinski definition) is 4. The summed E-state index contributed by atoms with van der Waals surface area (Å²) in [5.74, 6) is -0.406. The van der Waals surface area contributed by atoms with Crippen molar-refractivity contribution in [2.75, 3.05) is 19.7 Å². The highest BCUT2D eigenvalue weighted by atomic mass is 16.5. The van der Waals surface area contributed by atoms with Crippen molar-refractivity contribution in [3.05, 3.63) is 0 Å². The van der Waals surface area contributed by atoms with Crippen LogP contribution in [0.15, 0.2) is 0 Å². The van der Waals surface area contributed by atoms with Gasteiger partial charge < -0.3 is 15.4 Å². The molecule has 3 N–H and O–H groups in total. The number of piperidine rings is 1. The van der Waals surface area contributed by atoms with E-state index in [2.05, 4.69) is 16.0 Å². The van der Waals surface area contributed by atoms with Crippen LogP contribution in [0, 0.1) is 0 Å². The summed E-state index contributed by atoms with van der Waals surface area (Å²) in [6, 6.07) is -0.160. The van der Waals surface area contributed by atoms with E-state index in [0.29, 0.717) is 19.2 Å². The van der Waals surface area contributed by atoms with E-state index in [0.717, 1.165) is 13.0 Å². The van der Waals surface area contributed by atoms with Crippen LogP contribution in [-0.4, -0.2) is 43.8 Å². The lowest BCUT2D eigenvalue weighted by molar-refractivity contribution is -0.131. The monoisotopic (exact) mass is 257 g/mol. The Labute approximate surface area is 108 Å². The number of carbonyl (C=O) groups is 2. The van der Waals surface area contributed by atoms with Crippen molar-refractivity contribution in [3.63, 3.8) is 0 Å². The van der Waals surface area contributed by atoms with Gasteiger partial charge in [0, 0.05) is 12.6 Å². The zero-order chi connectivity index (χ0) is 13.4. The molecule has 1 aliphatic heterocycles. The van der Waals surface area contributed by atoms with E-state index >= 15 is 0 Å². The highest BCUT2D eigenvalue weighted by Crippen LogP contribution is 2.07. The number of imide groups is 1. The second-order valence-electron chi connectivity index (χ2n) is 4.47. The van der Waals surface area contributed by atoms with Gasteiger partial charge in [0.25, 0.3) is 5.91 Å². The third kappa shape index (κ3) is 5.46. The van der Waals surface area contributed by atoms with E-state index < -0.39 is 18.0 Å². The zero-order valence-corrected chi connectivity index (χ0v) is 11.1. The molecule has 1 saturated heterocycles. The summed E-state index contributed by atoms with van der Waals surface area (Å²) < 4.78 is 5.47. The maximum atomic E-state index is 11.6. The Kier molecular flexibility index (Phi) is 6.67. The van der Waals surface area contributed by atoms with E-state index in [-0.39, 0.29) is 0 Å². The van der Waals surface area contributed by atoms with Gasteiger partial charge in [0.1, 0.15) is 6.10 Å². The molecule has 0 saturated carbocycles. The smallest absolute Gasteiger partial charge is 0.321 e. The Hall–Kier alpha value is -1.14. The summed E-state index contributed by atoms with van der Waals surface area (Å²) in [5.41, 5.74) is 0. The SMILES string of the molecule is CCNC(=O)NC(=O)C(C)OCC1CCCCN1. The van der Waals surface area contributed by atoms with E-state index in [1.165, 1.54) is 12.8 Å². The number of ether oxygens (including phenoxy) is 1. The fourth-order valence-electron chi connectivity index (χ4n) is 1.82. The third-order valence-electron chi connectivity index (χ3n) is 2.90. The zero-order valence-electron chi connectivity index (χ0n) is 11.1. The van der Waals surface area contributed by atoms with Crippen LogP contribution < -0.4 is 16.0 Å². The van der Waals surface area contributed by atoms with Gasteiger partial charge in [-0.05, 0) is 33.2 Å². The van der Waals surface area contributed by atoms with Gasteiger partial charge in [-0.1, -0.05) is 6.42 Å². The molecule has 1 rings (SSSR count). The van der Waals surface area contributed by atoms with E-state index in [9.17, 15) is 9.59 Å². The molecular weight excluding hydrogens is 234 g/mol. The van der Waals surface area contributed by atoms with Gasteiger partial charge in [-0.3, -0.25) is 10.1 Å². The third-order valence-corrected chi connectivity index (χ3v) is 2.90. The van der Waals surface area contributed by atoms with Crippen LogP contribution in [0.3, 0.4) is 0 Å². The Morgan fingerprint density at radius 2 is 2.22 bits per heavy atom. The number of hydrogen-bond donors (Lipinski definition) is 3. The van der Waals surface area contributed by atoms with Crippen LogP contribution in [0.25, 0.3) is 0 Å². The van der Waals surface area contributed by atoms with Crippen molar-refractivity contribution in [1.82, 2.24) is 16.0 Å². The molecule has 0 spiro atoms. The lowest BCUT2D eigenvalue weighted by Gasteiger charge is -2.24. The molecule has 6 heteroatoms. The predicted molar refractivity (Wildman–Crippen MR) is 68.3 cm³/mol. The Morgan fingerprint density at radius 3 is 2.83 bits per heavy atom. The highest BCUT2D eigenvalue weighted by Gasteiger charge is 2.19. The predicted octanol–water partition coefficient (Wildman–Crippen LogP) is 0.379. The molecule has 0 aliphatic carbocycles. The molecule has 2 unspecified atom stereocenters. The molecule has 0 aromatic rings. The molecule has 3 amide bonds. The summed E-state index contributed by atoms with van der Waals surface area (Å²) in [6.45, 7) is 5.44. The van der Waals surface area contributed by atoms with Crippen molar-refractivity contribution < 1.29 is 14.3 Å². The first-order valence-corrected chi connectivity index (χ1v) is 6.57. The number of rotatable bonds is 5. The second kappa shape index (κ2) is 8.05. The van der Waals surface area contributed by atoms with Gasteiger partial charge in [-0.2, -0.15) is 0 Å². The first-order chi connectivity index (χ1) is 8.63. The van der Waals surface area contributed by atoms with Crippen LogP contribution in [0.4, 0.5) is 4.79 Å². The number of amides is 3. The van der Waals surface area contributed by atoms with E-state index in [4.69, 9.17) is 4.74 Å². The minimum absolute atomic E-state index is 0.318. The molecule has 1 heterocycles. The highest BCUT2D eigenvalue weighted by molar-refractivity contribution is 5.96. The molecule has 1 aliphatic rings. The molecule has 0 aromatic carbocycles. The average Bonchev–Trinajstić information content (AvgIpc) is 2.37. The Balaban J connectivity index is 2.20. The minimum atomic E-state index is -0.615. The second-order valence-corrected chi connectivity index (χ2v) is 4.47. The molecule has 0 aromatic heterocycles. The van der Waals surface area contributed by atoms with Gasteiger partial charge in [0.05, 0.1) is 6.61 Å². The van der Waals surface area contributed by atoms with Gasteiger partial charge in [-0.25, -0.2) is 4.79 Å². The number of nitrogens with one attached hydrogen (secondary N) is 3. The number of urea groups is 1. The fourth-order valence-corrected chi connectivity index (χ4v) is 1.82. The molecule has 2 atom stereocenters. The molecule has 1 fully saturated rings. The summed E-state index contributed by atoms with van der Waals surface area (Å²) in [4.78, 5) is 22.7. The molecule has 18 heavy (non-hydrogen) atoms. The van der Waals surface area contributed by atoms with Crippen molar-refractivity contribution in [1.29, 1.82) is 0 Å². The van der Waals surface area contributed by atoms with Crippen molar-refractivity contribution in [3.8, 4) is 0 Å². The first kappa shape index (κ1) is 14.9. The van der Waals surface area contributed by atoms with Crippen molar-refractivity contribution in [2.45, 2.75) is 45.3 Å². The van der Waals surface area contributed by atoms with Crippen LogP contribution >= 0.6 is 0 Å².